The Kier molecular flexibility index (Phi) is 5.01. The van der Waals surface area contributed by atoms with Gasteiger partial charge < -0.3 is 13.8 Å². The summed E-state index contributed by atoms with van der Waals surface area (Å²) in [5.41, 5.74) is 0.528. The van der Waals surface area contributed by atoms with Gasteiger partial charge >= 0.3 is 6.18 Å². The molecule has 0 atom stereocenters. The molecule has 9 heteroatoms. The number of aryl methyl sites for hydroxylation is 1. The fraction of sp³-hybridized carbons (Fsp3) is 0.474. The van der Waals surface area contributed by atoms with Crippen molar-refractivity contribution in [3.63, 3.8) is 0 Å². The molecule has 0 aliphatic carbocycles. The molecule has 28 heavy (non-hydrogen) atoms. The molecule has 3 heterocycles. The number of benzene rings is 1. The second-order valence-corrected chi connectivity index (χ2v) is 7.07. The average Bonchev–Trinajstić information content (AvgIpc) is 3.22. The average molecular weight is 394 g/mol. The maximum absolute atomic E-state index is 12.7. The first-order valence-corrected chi connectivity index (χ1v) is 9.20. The minimum atomic E-state index is -4.26. The molecule has 150 valence electrons. The van der Waals surface area contributed by atoms with Crippen molar-refractivity contribution in [1.82, 2.24) is 19.6 Å². The predicted octanol–water partition coefficient (Wildman–Crippen LogP) is 3.94. The molecule has 1 saturated heterocycles. The molecule has 2 aromatic heterocycles. The number of nitrogens with zero attached hydrogens (tertiary/aromatic N) is 4. The zero-order valence-electron chi connectivity index (χ0n) is 15.4. The summed E-state index contributed by atoms with van der Waals surface area (Å²) in [6.45, 7) is 3.07. The van der Waals surface area contributed by atoms with Crippen molar-refractivity contribution in [3.05, 3.63) is 42.2 Å². The van der Waals surface area contributed by atoms with Crippen LogP contribution < -0.4 is 4.74 Å². The lowest BCUT2D eigenvalue weighted by Crippen LogP contribution is -2.38. The zero-order chi connectivity index (χ0) is 19.7. The standard InChI is InChI=1S/C19H21F3N4O2/c1-13-23-18(24-28-13)11-25-8-5-14(6-9-25)27-17-4-2-3-16-15(17)7-10-26(16)12-19(20,21)22/h2-4,7,10,14H,5-6,8-9,11-12H2,1H3. The van der Waals surface area contributed by atoms with E-state index in [-0.39, 0.29) is 6.10 Å². The Bertz CT molecular complexity index is 942. The SMILES string of the molecule is Cc1nc(CN2CCC(Oc3cccc4c3ccn4CC(F)(F)F)CC2)no1. The lowest BCUT2D eigenvalue weighted by Gasteiger charge is -2.31. The Labute approximate surface area is 159 Å². The summed E-state index contributed by atoms with van der Waals surface area (Å²) >= 11 is 0. The van der Waals surface area contributed by atoms with Crippen molar-refractivity contribution in [3.8, 4) is 5.75 Å². The van der Waals surface area contributed by atoms with Crippen LogP contribution in [0, 0.1) is 6.92 Å². The lowest BCUT2D eigenvalue weighted by molar-refractivity contribution is -0.139. The highest BCUT2D eigenvalue weighted by molar-refractivity contribution is 5.86. The molecule has 1 aromatic carbocycles. The van der Waals surface area contributed by atoms with E-state index in [0.717, 1.165) is 25.9 Å². The van der Waals surface area contributed by atoms with E-state index >= 15 is 0 Å². The van der Waals surface area contributed by atoms with E-state index in [9.17, 15) is 13.2 Å². The van der Waals surface area contributed by atoms with Crippen LogP contribution in [0.5, 0.6) is 5.75 Å². The van der Waals surface area contributed by atoms with Crippen molar-refractivity contribution in [2.24, 2.45) is 0 Å². The predicted molar refractivity (Wildman–Crippen MR) is 96.0 cm³/mol. The third-order valence-corrected chi connectivity index (χ3v) is 4.89. The van der Waals surface area contributed by atoms with E-state index < -0.39 is 12.7 Å². The van der Waals surface area contributed by atoms with E-state index in [0.29, 0.717) is 34.9 Å². The van der Waals surface area contributed by atoms with Crippen LogP contribution >= 0.6 is 0 Å². The van der Waals surface area contributed by atoms with Gasteiger partial charge in [-0.25, -0.2) is 0 Å². The Balaban J connectivity index is 1.39. The minimum Gasteiger partial charge on any atom is -0.490 e. The van der Waals surface area contributed by atoms with Crippen molar-refractivity contribution in [1.29, 1.82) is 0 Å². The van der Waals surface area contributed by atoms with Crippen molar-refractivity contribution in [2.45, 2.75) is 45.1 Å². The van der Waals surface area contributed by atoms with Crippen LogP contribution in [0.4, 0.5) is 13.2 Å². The van der Waals surface area contributed by atoms with Gasteiger partial charge in [-0.1, -0.05) is 11.2 Å². The number of likely N-dealkylation sites (tertiary alicyclic amines) is 1. The molecule has 1 fully saturated rings. The summed E-state index contributed by atoms with van der Waals surface area (Å²) in [5, 5.41) is 4.62. The van der Waals surface area contributed by atoms with E-state index in [4.69, 9.17) is 9.26 Å². The van der Waals surface area contributed by atoms with E-state index in [2.05, 4.69) is 15.0 Å². The molecule has 0 unspecified atom stereocenters. The van der Waals surface area contributed by atoms with Gasteiger partial charge in [0.25, 0.3) is 0 Å². The number of ether oxygens (including phenoxy) is 1. The molecule has 0 N–H and O–H groups in total. The molecular weight excluding hydrogens is 373 g/mol. The van der Waals surface area contributed by atoms with Crippen LogP contribution in [-0.2, 0) is 13.1 Å². The minimum absolute atomic E-state index is 0.0276. The van der Waals surface area contributed by atoms with Gasteiger partial charge in [-0.3, -0.25) is 4.90 Å². The molecule has 1 aliphatic rings. The summed E-state index contributed by atoms with van der Waals surface area (Å²) in [6, 6.07) is 6.92. The Morgan fingerprint density at radius 2 is 2.00 bits per heavy atom. The van der Waals surface area contributed by atoms with Gasteiger partial charge in [0.1, 0.15) is 18.4 Å². The molecule has 0 radical (unpaired) electrons. The van der Waals surface area contributed by atoms with Gasteiger partial charge in [-0.2, -0.15) is 18.2 Å². The number of halogens is 3. The second kappa shape index (κ2) is 7.46. The lowest BCUT2D eigenvalue weighted by atomic mass is 10.1. The van der Waals surface area contributed by atoms with Crippen LogP contribution in [0.1, 0.15) is 24.6 Å². The van der Waals surface area contributed by atoms with E-state index in [1.165, 1.54) is 10.8 Å². The summed E-state index contributed by atoms with van der Waals surface area (Å²) in [7, 11) is 0. The Morgan fingerprint density at radius 1 is 1.21 bits per heavy atom. The molecule has 1 aliphatic heterocycles. The maximum atomic E-state index is 12.7. The fourth-order valence-electron chi connectivity index (χ4n) is 3.60. The summed E-state index contributed by atoms with van der Waals surface area (Å²) in [5.74, 6) is 1.86. The van der Waals surface area contributed by atoms with Crippen LogP contribution in [0.2, 0.25) is 0 Å². The topological polar surface area (TPSA) is 56.3 Å². The van der Waals surface area contributed by atoms with Crippen LogP contribution in [0.15, 0.2) is 35.0 Å². The number of hydrogen-bond acceptors (Lipinski definition) is 5. The molecular formula is C19H21F3N4O2. The number of alkyl halides is 3. The number of hydrogen-bond donors (Lipinski definition) is 0. The Hall–Kier alpha value is -2.55. The van der Waals surface area contributed by atoms with Gasteiger partial charge in [-0.15, -0.1) is 0 Å². The highest BCUT2D eigenvalue weighted by Crippen LogP contribution is 2.31. The number of fused-ring (bicyclic) bond motifs is 1. The number of rotatable bonds is 5. The molecule has 4 rings (SSSR count). The largest absolute Gasteiger partial charge is 0.490 e. The molecule has 6 nitrogen and oxygen atoms in total. The maximum Gasteiger partial charge on any atom is 0.406 e. The summed E-state index contributed by atoms with van der Waals surface area (Å²) in [6.07, 6.45) is -1.11. The van der Waals surface area contributed by atoms with E-state index in [1.807, 2.05) is 6.07 Å². The van der Waals surface area contributed by atoms with Gasteiger partial charge in [0.2, 0.25) is 5.89 Å². The van der Waals surface area contributed by atoms with Crippen molar-refractivity contribution in [2.75, 3.05) is 13.1 Å². The summed E-state index contributed by atoms with van der Waals surface area (Å²) in [4.78, 5) is 6.46. The van der Waals surface area contributed by atoms with Gasteiger partial charge in [0.15, 0.2) is 5.82 Å². The zero-order valence-corrected chi connectivity index (χ0v) is 15.4. The molecule has 0 saturated carbocycles. The quantitative estimate of drug-likeness (QED) is 0.656. The first-order valence-electron chi connectivity index (χ1n) is 9.20. The van der Waals surface area contributed by atoms with Crippen LogP contribution in [0.3, 0.4) is 0 Å². The molecule has 0 amide bonds. The highest BCUT2D eigenvalue weighted by Gasteiger charge is 2.29. The third-order valence-electron chi connectivity index (χ3n) is 4.89. The van der Waals surface area contributed by atoms with Gasteiger partial charge in [0.05, 0.1) is 12.1 Å². The van der Waals surface area contributed by atoms with Gasteiger partial charge in [0, 0.05) is 31.6 Å². The molecule has 0 spiro atoms. The van der Waals surface area contributed by atoms with Crippen LogP contribution in [0.25, 0.3) is 10.9 Å². The molecule has 0 bridgehead atoms. The first kappa shape index (κ1) is 18.8. The summed E-state index contributed by atoms with van der Waals surface area (Å²) < 4.78 is 50.6. The molecule has 3 aromatic rings. The Morgan fingerprint density at radius 3 is 2.68 bits per heavy atom. The van der Waals surface area contributed by atoms with Crippen molar-refractivity contribution >= 4 is 10.9 Å². The van der Waals surface area contributed by atoms with Gasteiger partial charge in [-0.05, 0) is 31.0 Å². The normalized spacial score (nSPS) is 16.7. The smallest absolute Gasteiger partial charge is 0.406 e. The first-order chi connectivity index (χ1) is 13.4. The third kappa shape index (κ3) is 4.30. The number of aromatic nitrogens is 3. The monoisotopic (exact) mass is 394 g/mol. The highest BCUT2D eigenvalue weighted by atomic mass is 19.4. The number of piperidine rings is 1. The second-order valence-electron chi connectivity index (χ2n) is 7.07. The fourth-order valence-corrected chi connectivity index (χ4v) is 3.60. The van der Waals surface area contributed by atoms with Crippen LogP contribution in [-0.4, -0.2) is 45.0 Å². The van der Waals surface area contributed by atoms with Crippen molar-refractivity contribution < 1.29 is 22.4 Å². The van der Waals surface area contributed by atoms with E-state index in [1.54, 1.807) is 25.1 Å².